The third kappa shape index (κ3) is 5.07. The number of Topliss-reactive ketones (excluding diaryl/α,β-unsaturated/α-hetero) is 1. The van der Waals surface area contributed by atoms with Gasteiger partial charge in [0.05, 0.1) is 24.8 Å². The summed E-state index contributed by atoms with van der Waals surface area (Å²) in [4.78, 5) is 35.1. The van der Waals surface area contributed by atoms with Gasteiger partial charge in [0.25, 0.3) is 0 Å². The van der Waals surface area contributed by atoms with Crippen LogP contribution in [-0.2, 0) is 16.0 Å². The molecule has 0 radical (unpaired) electrons. The molecule has 136 valence electrons. The van der Waals surface area contributed by atoms with Crippen molar-refractivity contribution in [2.45, 2.75) is 19.3 Å². The number of para-hydroxylation sites is 1. The molecule has 2 rings (SSSR count). The van der Waals surface area contributed by atoms with Gasteiger partial charge in [0.15, 0.2) is 5.78 Å². The van der Waals surface area contributed by atoms with Crippen LogP contribution in [0.4, 0.5) is 5.69 Å². The Kier molecular flexibility index (Phi) is 6.32. The highest BCUT2D eigenvalue weighted by molar-refractivity contribution is 6.02. The molecule has 0 atom stereocenters. The van der Waals surface area contributed by atoms with E-state index in [4.69, 9.17) is 9.84 Å². The second-order valence-electron chi connectivity index (χ2n) is 5.59. The Morgan fingerprint density at radius 3 is 2.50 bits per heavy atom. The zero-order valence-corrected chi connectivity index (χ0v) is 14.2. The Bertz CT molecular complexity index is 831. The smallest absolute Gasteiger partial charge is 0.307 e. The Morgan fingerprint density at radius 2 is 1.81 bits per heavy atom. The van der Waals surface area contributed by atoms with E-state index in [0.29, 0.717) is 16.9 Å². The lowest BCUT2D eigenvalue weighted by Gasteiger charge is -2.10. The Hall–Kier alpha value is -3.35. The first-order chi connectivity index (χ1) is 12.4. The van der Waals surface area contributed by atoms with Crippen LogP contribution in [-0.4, -0.2) is 35.0 Å². The van der Waals surface area contributed by atoms with Crippen LogP contribution in [0.25, 0.3) is 0 Å². The summed E-state index contributed by atoms with van der Waals surface area (Å²) in [6.45, 7) is 0. The summed E-state index contributed by atoms with van der Waals surface area (Å²) in [5.41, 5.74) is 0.947. The van der Waals surface area contributed by atoms with Gasteiger partial charge in [-0.3, -0.25) is 14.4 Å². The lowest BCUT2D eigenvalue weighted by molar-refractivity contribution is -0.136. The predicted octanol–water partition coefficient (Wildman–Crippen LogP) is 2.63. The molecule has 2 aromatic rings. The van der Waals surface area contributed by atoms with Gasteiger partial charge in [0, 0.05) is 12.8 Å². The summed E-state index contributed by atoms with van der Waals surface area (Å²) in [5, 5.41) is 21.1. The number of ether oxygens (including phenoxy) is 1. The van der Waals surface area contributed by atoms with Crippen molar-refractivity contribution in [1.29, 1.82) is 0 Å². The number of nitrogens with one attached hydrogen (secondary N) is 1. The molecule has 0 saturated heterocycles. The summed E-state index contributed by atoms with van der Waals surface area (Å²) >= 11 is 0. The zero-order chi connectivity index (χ0) is 19.1. The average molecular weight is 357 g/mol. The molecule has 2 aromatic carbocycles. The zero-order valence-electron chi connectivity index (χ0n) is 14.2. The minimum Gasteiger partial charge on any atom is -0.506 e. The van der Waals surface area contributed by atoms with E-state index in [0.717, 1.165) is 0 Å². The summed E-state index contributed by atoms with van der Waals surface area (Å²) < 4.78 is 5.13. The lowest BCUT2D eigenvalue weighted by atomic mass is 10.1. The van der Waals surface area contributed by atoms with Crippen LogP contribution in [0.5, 0.6) is 11.5 Å². The molecule has 0 unspecified atom stereocenters. The monoisotopic (exact) mass is 357 g/mol. The average Bonchev–Trinajstić information content (AvgIpc) is 2.62. The maximum atomic E-state index is 12.2. The quantitative estimate of drug-likeness (QED) is 0.494. The normalized spacial score (nSPS) is 10.2. The third-order valence-corrected chi connectivity index (χ3v) is 3.68. The van der Waals surface area contributed by atoms with Crippen LogP contribution < -0.4 is 10.1 Å². The van der Waals surface area contributed by atoms with Crippen molar-refractivity contribution in [1.82, 2.24) is 0 Å². The van der Waals surface area contributed by atoms with Gasteiger partial charge in [0.2, 0.25) is 5.91 Å². The third-order valence-electron chi connectivity index (χ3n) is 3.68. The number of phenolic OH excluding ortho intramolecular Hbond substituents is 1. The van der Waals surface area contributed by atoms with Crippen molar-refractivity contribution in [3.8, 4) is 11.5 Å². The number of phenols is 1. The van der Waals surface area contributed by atoms with Crippen molar-refractivity contribution < 1.29 is 29.3 Å². The van der Waals surface area contributed by atoms with Crippen LogP contribution in [0.2, 0.25) is 0 Å². The highest BCUT2D eigenvalue weighted by atomic mass is 16.5. The topological polar surface area (TPSA) is 113 Å². The summed E-state index contributed by atoms with van der Waals surface area (Å²) in [6.07, 6.45) is -0.337. The Labute approximate surface area is 150 Å². The molecule has 0 aliphatic rings. The van der Waals surface area contributed by atoms with Crippen molar-refractivity contribution in [2.24, 2.45) is 0 Å². The van der Waals surface area contributed by atoms with Gasteiger partial charge in [0.1, 0.15) is 11.5 Å². The summed E-state index contributed by atoms with van der Waals surface area (Å²) in [5.74, 6) is -1.45. The van der Waals surface area contributed by atoms with Gasteiger partial charge in [-0.1, -0.05) is 18.2 Å². The Balaban J connectivity index is 1.98. The van der Waals surface area contributed by atoms with E-state index in [1.165, 1.54) is 25.3 Å². The van der Waals surface area contributed by atoms with Gasteiger partial charge in [-0.2, -0.15) is 0 Å². The number of methoxy groups -OCH3 is 1. The van der Waals surface area contributed by atoms with E-state index in [1.807, 2.05) is 0 Å². The van der Waals surface area contributed by atoms with Crippen molar-refractivity contribution in [2.75, 3.05) is 12.4 Å². The first kappa shape index (κ1) is 19.0. The molecule has 7 nitrogen and oxygen atoms in total. The van der Waals surface area contributed by atoms with Crippen LogP contribution in [0, 0.1) is 0 Å². The van der Waals surface area contributed by atoms with E-state index >= 15 is 0 Å². The molecule has 0 bridgehead atoms. The molecule has 0 heterocycles. The lowest BCUT2D eigenvalue weighted by Crippen LogP contribution is -2.14. The number of ketones is 1. The van der Waals surface area contributed by atoms with Gasteiger partial charge in [-0.25, -0.2) is 0 Å². The van der Waals surface area contributed by atoms with E-state index < -0.39 is 11.9 Å². The number of benzene rings is 2. The van der Waals surface area contributed by atoms with Gasteiger partial charge < -0.3 is 20.3 Å². The van der Waals surface area contributed by atoms with E-state index in [1.54, 1.807) is 24.3 Å². The number of carboxylic acids is 1. The molecule has 0 aliphatic heterocycles. The number of carbonyl (C=O) groups excluding carboxylic acids is 2. The number of hydrogen-bond donors (Lipinski definition) is 3. The summed E-state index contributed by atoms with van der Waals surface area (Å²) in [7, 11) is 1.46. The van der Waals surface area contributed by atoms with Crippen LogP contribution in [0.15, 0.2) is 42.5 Å². The maximum Gasteiger partial charge on any atom is 0.307 e. The van der Waals surface area contributed by atoms with Crippen LogP contribution in [0.1, 0.15) is 28.8 Å². The summed E-state index contributed by atoms with van der Waals surface area (Å²) in [6, 6.07) is 10.9. The molecule has 26 heavy (non-hydrogen) atoms. The first-order valence-corrected chi connectivity index (χ1v) is 7.90. The largest absolute Gasteiger partial charge is 0.506 e. The minimum atomic E-state index is -1.02. The first-order valence-electron chi connectivity index (χ1n) is 7.90. The highest BCUT2D eigenvalue weighted by Gasteiger charge is 2.15. The van der Waals surface area contributed by atoms with E-state index in [9.17, 15) is 19.5 Å². The number of hydrogen-bond acceptors (Lipinski definition) is 5. The highest BCUT2D eigenvalue weighted by Crippen LogP contribution is 2.25. The fourth-order valence-corrected chi connectivity index (χ4v) is 2.42. The molecular weight excluding hydrogens is 338 g/mol. The molecule has 3 N–H and O–H groups in total. The second kappa shape index (κ2) is 8.66. The van der Waals surface area contributed by atoms with Crippen LogP contribution >= 0.6 is 0 Å². The van der Waals surface area contributed by atoms with E-state index in [2.05, 4.69) is 5.32 Å². The predicted molar refractivity (Wildman–Crippen MR) is 94.6 cm³/mol. The molecule has 0 fully saturated rings. The van der Waals surface area contributed by atoms with E-state index in [-0.39, 0.29) is 36.5 Å². The molecule has 0 aliphatic carbocycles. The Morgan fingerprint density at radius 1 is 1.08 bits per heavy atom. The van der Waals surface area contributed by atoms with Gasteiger partial charge in [-0.15, -0.1) is 0 Å². The number of carbonyl (C=O) groups is 3. The van der Waals surface area contributed by atoms with Crippen molar-refractivity contribution >= 4 is 23.3 Å². The van der Waals surface area contributed by atoms with Gasteiger partial charge in [-0.05, 0) is 29.8 Å². The fourth-order valence-electron chi connectivity index (χ4n) is 2.42. The maximum absolute atomic E-state index is 12.2. The van der Waals surface area contributed by atoms with Gasteiger partial charge >= 0.3 is 5.97 Å². The number of aliphatic carboxylic acids is 1. The molecule has 0 spiro atoms. The van der Waals surface area contributed by atoms with Crippen molar-refractivity contribution in [3.05, 3.63) is 53.6 Å². The molecule has 7 heteroatoms. The fraction of sp³-hybridized carbons (Fsp3) is 0.211. The number of carboxylic acid groups (broad SMARTS) is 1. The SMILES string of the molecule is COc1ccccc1C(=O)CCC(=O)Nc1cc(CC(=O)O)ccc1O. The van der Waals surface area contributed by atoms with Crippen LogP contribution in [0.3, 0.4) is 0 Å². The molecule has 1 amide bonds. The van der Waals surface area contributed by atoms with Crippen molar-refractivity contribution in [3.63, 3.8) is 0 Å². The second-order valence-corrected chi connectivity index (χ2v) is 5.59. The number of anilines is 1. The molecular formula is C19H19NO6. The number of amides is 1. The minimum absolute atomic E-state index is 0.0260. The standard InChI is InChI=1S/C19H19NO6/c1-26-17-5-3-2-4-13(17)15(21)8-9-18(23)20-14-10-12(11-19(24)25)6-7-16(14)22/h2-7,10,22H,8-9,11H2,1H3,(H,20,23)(H,24,25). The number of rotatable bonds is 8. The number of aromatic hydroxyl groups is 1. The molecule has 0 aromatic heterocycles. The molecule has 0 saturated carbocycles.